The summed E-state index contributed by atoms with van der Waals surface area (Å²) in [5, 5.41) is 8.08. The zero-order valence-electron chi connectivity index (χ0n) is 20.4. The zero-order chi connectivity index (χ0) is 24.8. The van der Waals surface area contributed by atoms with E-state index in [-0.39, 0.29) is 6.04 Å². The normalized spacial score (nSPS) is 17.8. The first-order valence-electron chi connectivity index (χ1n) is 11.5. The molecule has 1 N–H and O–H groups in total. The first-order valence-corrected chi connectivity index (χ1v) is 11.5. The standard InChI is InChI=1S/C27H25N5O4/c1-15-7-8-19-18(10-15)23-22(24(16-6-5-9-28-13-16)32-27(31-23)29-14-30-32)25(36-19)17-11-20(33-2)26(35-4)21(12-17)34-3/h5-14,24-25H,1-4H3,(H,29,30,31)/t24-,25+/m1/s1. The molecular weight excluding hydrogens is 458 g/mol. The van der Waals surface area contributed by atoms with Crippen molar-refractivity contribution in [2.75, 3.05) is 26.6 Å². The summed E-state index contributed by atoms with van der Waals surface area (Å²) in [6.45, 7) is 2.07. The molecule has 0 saturated heterocycles. The van der Waals surface area contributed by atoms with E-state index in [0.29, 0.717) is 23.2 Å². The second-order valence-corrected chi connectivity index (χ2v) is 8.63. The average Bonchev–Trinajstić information content (AvgIpc) is 3.39. The van der Waals surface area contributed by atoms with Gasteiger partial charge in [0, 0.05) is 29.1 Å². The number of hydrogen-bond donors (Lipinski definition) is 1. The molecule has 4 aromatic rings. The molecule has 0 unspecified atom stereocenters. The van der Waals surface area contributed by atoms with Gasteiger partial charge in [-0.25, -0.2) is 4.68 Å². The van der Waals surface area contributed by atoms with E-state index in [9.17, 15) is 0 Å². The Morgan fingerprint density at radius 2 is 1.78 bits per heavy atom. The maximum absolute atomic E-state index is 6.73. The number of fused-ring (bicyclic) bond motifs is 3. The lowest BCUT2D eigenvalue weighted by Gasteiger charge is -2.39. The van der Waals surface area contributed by atoms with Gasteiger partial charge in [0.1, 0.15) is 24.2 Å². The van der Waals surface area contributed by atoms with E-state index < -0.39 is 6.10 Å². The fraction of sp³-hybridized carbons (Fsp3) is 0.222. The Morgan fingerprint density at radius 1 is 0.972 bits per heavy atom. The number of ether oxygens (including phenoxy) is 4. The Hall–Kier alpha value is -4.53. The molecule has 2 aromatic carbocycles. The molecule has 2 atom stereocenters. The molecular formula is C27H25N5O4. The molecule has 2 aliphatic rings. The summed E-state index contributed by atoms with van der Waals surface area (Å²) in [6.07, 6.45) is 4.68. The smallest absolute Gasteiger partial charge is 0.226 e. The SMILES string of the molecule is COc1cc([C@@H]2Oc3ccc(C)cc3C3=C2[C@@H](c2cccnc2)n2ncnc2N3)cc(OC)c1OC. The molecule has 2 aliphatic heterocycles. The van der Waals surface area contributed by atoms with Crippen LogP contribution in [0, 0.1) is 6.92 Å². The predicted octanol–water partition coefficient (Wildman–Crippen LogP) is 4.57. The summed E-state index contributed by atoms with van der Waals surface area (Å²) in [7, 11) is 4.80. The number of methoxy groups -OCH3 is 3. The number of benzene rings is 2. The van der Waals surface area contributed by atoms with Crippen molar-refractivity contribution in [3.8, 4) is 23.0 Å². The Morgan fingerprint density at radius 3 is 2.47 bits per heavy atom. The van der Waals surface area contributed by atoms with Crippen molar-refractivity contribution in [1.29, 1.82) is 0 Å². The van der Waals surface area contributed by atoms with Crippen molar-refractivity contribution in [3.63, 3.8) is 0 Å². The quantitative estimate of drug-likeness (QED) is 0.441. The molecule has 182 valence electrons. The van der Waals surface area contributed by atoms with Gasteiger partial charge in [-0.05, 0) is 42.8 Å². The maximum Gasteiger partial charge on any atom is 0.226 e. The van der Waals surface area contributed by atoms with Crippen LogP contribution in [0.4, 0.5) is 5.95 Å². The highest BCUT2D eigenvalue weighted by atomic mass is 16.5. The number of nitrogens with zero attached hydrogens (tertiary/aromatic N) is 4. The third-order valence-electron chi connectivity index (χ3n) is 6.56. The molecule has 4 heterocycles. The van der Waals surface area contributed by atoms with E-state index in [2.05, 4.69) is 33.4 Å². The molecule has 0 amide bonds. The van der Waals surface area contributed by atoms with Crippen molar-refractivity contribution < 1.29 is 18.9 Å². The van der Waals surface area contributed by atoms with Crippen LogP contribution < -0.4 is 24.3 Å². The number of hydrogen-bond acceptors (Lipinski definition) is 8. The fourth-order valence-electron chi connectivity index (χ4n) is 4.97. The van der Waals surface area contributed by atoms with Gasteiger partial charge < -0.3 is 24.3 Å². The highest BCUT2D eigenvalue weighted by Crippen LogP contribution is 2.52. The van der Waals surface area contributed by atoms with E-state index in [1.54, 1.807) is 33.9 Å². The van der Waals surface area contributed by atoms with Crippen molar-refractivity contribution in [2.24, 2.45) is 0 Å². The minimum absolute atomic E-state index is 0.301. The molecule has 0 fully saturated rings. The van der Waals surface area contributed by atoms with Gasteiger partial charge in [0.15, 0.2) is 11.5 Å². The van der Waals surface area contributed by atoms with Gasteiger partial charge >= 0.3 is 0 Å². The first kappa shape index (κ1) is 22.0. The monoisotopic (exact) mass is 483 g/mol. The molecule has 2 aromatic heterocycles. The Balaban J connectivity index is 1.63. The van der Waals surface area contributed by atoms with Crippen molar-refractivity contribution in [1.82, 2.24) is 19.7 Å². The summed E-state index contributed by atoms with van der Waals surface area (Å²) in [5.41, 5.74) is 5.83. The average molecular weight is 484 g/mol. The number of rotatable bonds is 5. The van der Waals surface area contributed by atoms with E-state index in [4.69, 9.17) is 18.9 Å². The molecule has 0 spiro atoms. The van der Waals surface area contributed by atoms with Gasteiger partial charge in [-0.3, -0.25) is 4.98 Å². The minimum Gasteiger partial charge on any atom is -0.493 e. The fourth-order valence-corrected chi connectivity index (χ4v) is 4.97. The van der Waals surface area contributed by atoms with Crippen molar-refractivity contribution in [3.05, 3.63) is 89.0 Å². The second kappa shape index (κ2) is 8.60. The van der Waals surface area contributed by atoms with E-state index in [1.807, 2.05) is 47.3 Å². The molecule has 0 radical (unpaired) electrons. The van der Waals surface area contributed by atoms with E-state index in [1.165, 1.54) is 0 Å². The Bertz CT molecular complexity index is 1460. The molecule has 0 bridgehead atoms. The van der Waals surface area contributed by atoms with Crippen LogP contribution >= 0.6 is 0 Å². The summed E-state index contributed by atoms with van der Waals surface area (Å²) in [5.74, 6) is 3.05. The van der Waals surface area contributed by atoms with Crippen LogP contribution in [-0.4, -0.2) is 41.1 Å². The lowest BCUT2D eigenvalue weighted by atomic mass is 9.84. The van der Waals surface area contributed by atoms with Crippen LogP contribution in [0.25, 0.3) is 5.70 Å². The third kappa shape index (κ3) is 3.35. The summed E-state index contributed by atoms with van der Waals surface area (Å²) in [4.78, 5) is 8.87. The molecule has 6 rings (SSSR count). The number of aromatic nitrogens is 4. The lowest BCUT2D eigenvalue weighted by molar-refractivity contribution is 0.221. The largest absolute Gasteiger partial charge is 0.493 e. The molecule has 36 heavy (non-hydrogen) atoms. The molecule has 0 aliphatic carbocycles. The summed E-state index contributed by atoms with van der Waals surface area (Å²) < 4.78 is 25.5. The van der Waals surface area contributed by atoms with Gasteiger partial charge in [0.25, 0.3) is 0 Å². The molecule has 9 nitrogen and oxygen atoms in total. The highest BCUT2D eigenvalue weighted by Gasteiger charge is 2.41. The number of nitrogens with one attached hydrogen (secondary N) is 1. The van der Waals surface area contributed by atoms with Gasteiger partial charge in [-0.15, -0.1) is 0 Å². The summed E-state index contributed by atoms with van der Waals surface area (Å²) in [6, 6.07) is 13.7. The van der Waals surface area contributed by atoms with Gasteiger partial charge in [0.05, 0.1) is 27.0 Å². The van der Waals surface area contributed by atoms with Crippen LogP contribution in [0.15, 0.2) is 66.8 Å². The topological polar surface area (TPSA) is 92.6 Å². The number of anilines is 1. The maximum atomic E-state index is 6.73. The molecule has 0 saturated carbocycles. The van der Waals surface area contributed by atoms with Gasteiger partial charge in [0.2, 0.25) is 11.7 Å². The lowest BCUT2D eigenvalue weighted by Crippen LogP contribution is -2.32. The van der Waals surface area contributed by atoms with Crippen LogP contribution in [0.3, 0.4) is 0 Å². The van der Waals surface area contributed by atoms with Crippen LogP contribution in [0.2, 0.25) is 0 Å². The van der Waals surface area contributed by atoms with Gasteiger partial charge in [-0.1, -0.05) is 17.7 Å². The third-order valence-corrected chi connectivity index (χ3v) is 6.56. The second-order valence-electron chi connectivity index (χ2n) is 8.63. The Kier molecular flexibility index (Phi) is 5.25. The van der Waals surface area contributed by atoms with Crippen LogP contribution in [0.1, 0.15) is 34.4 Å². The van der Waals surface area contributed by atoms with Gasteiger partial charge in [-0.2, -0.15) is 10.1 Å². The van der Waals surface area contributed by atoms with E-state index >= 15 is 0 Å². The number of aryl methyl sites for hydroxylation is 1. The first-order chi connectivity index (χ1) is 17.6. The van der Waals surface area contributed by atoms with E-state index in [0.717, 1.165) is 39.3 Å². The Labute approximate surface area is 208 Å². The van der Waals surface area contributed by atoms with Crippen LogP contribution in [-0.2, 0) is 0 Å². The minimum atomic E-state index is -0.487. The predicted molar refractivity (Wildman–Crippen MR) is 134 cm³/mol. The van der Waals surface area contributed by atoms with Crippen LogP contribution in [0.5, 0.6) is 23.0 Å². The molecule has 9 heteroatoms. The zero-order valence-corrected chi connectivity index (χ0v) is 20.4. The highest BCUT2D eigenvalue weighted by molar-refractivity contribution is 5.85. The van der Waals surface area contributed by atoms with Crippen molar-refractivity contribution in [2.45, 2.75) is 19.1 Å². The number of pyridine rings is 1. The van der Waals surface area contributed by atoms with Crippen molar-refractivity contribution >= 4 is 11.6 Å². The summed E-state index contributed by atoms with van der Waals surface area (Å²) >= 11 is 0.